The van der Waals surface area contributed by atoms with E-state index in [-0.39, 0.29) is 5.82 Å². The van der Waals surface area contributed by atoms with Gasteiger partial charge < -0.3 is 4.42 Å². The minimum absolute atomic E-state index is 0.312. The molecule has 0 saturated heterocycles. The van der Waals surface area contributed by atoms with Gasteiger partial charge in [-0.15, -0.1) is 0 Å². The standard InChI is InChI=1S/C12H9FN4OS/c13-9-3-1-2-8(4-9)11-16-10(5-18-11)6-19-12-14-7-15-17-12/h1-5,7H,6H2,(H,14,15,17). The van der Waals surface area contributed by atoms with E-state index >= 15 is 0 Å². The van der Waals surface area contributed by atoms with Crippen LogP contribution in [0.3, 0.4) is 0 Å². The molecule has 19 heavy (non-hydrogen) atoms. The first kappa shape index (κ1) is 11.9. The average Bonchev–Trinajstić information content (AvgIpc) is 3.08. The lowest BCUT2D eigenvalue weighted by molar-refractivity contribution is 0.571. The van der Waals surface area contributed by atoms with Crippen LogP contribution < -0.4 is 0 Å². The maximum atomic E-state index is 13.1. The molecule has 3 aromatic rings. The molecule has 0 aliphatic heterocycles. The minimum atomic E-state index is -0.312. The Hall–Kier alpha value is -2.15. The largest absolute Gasteiger partial charge is 0.444 e. The number of nitrogens with one attached hydrogen (secondary N) is 1. The molecule has 0 saturated carbocycles. The number of benzene rings is 1. The summed E-state index contributed by atoms with van der Waals surface area (Å²) in [5, 5.41) is 7.22. The summed E-state index contributed by atoms with van der Waals surface area (Å²) in [6.45, 7) is 0. The van der Waals surface area contributed by atoms with Gasteiger partial charge in [-0.05, 0) is 18.2 Å². The number of thioether (sulfide) groups is 1. The molecule has 0 aliphatic carbocycles. The van der Waals surface area contributed by atoms with Crippen LogP contribution in [0.15, 0.2) is 46.4 Å². The Morgan fingerprint density at radius 2 is 2.32 bits per heavy atom. The highest BCUT2D eigenvalue weighted by Crippen LogP contribution is 2.23. The van der Waals surface area contributed by atoms with Crippen LogP contribution in [0.1, 0.15) is 5.69 Å². The SMILES string of the molecule is Fc1cccc(-c2nc(CSc3ncn[nH]3)co2)c1. The summed E-state index contributed by atoms with van der Waals surface area (Å²) in [7, 11) is 0. The van der Waals surface area contributed by atoms with Gasteiger partial charge in [0.2, 0.25) is 5.89 Å². The Labute approximate surface area is 112 Å². The van der Waals surface area contributed by atoms with Crippen molar-refractivity contribution in [3.05, 3.63) is 48.4 Å². The molecule has 0 aliphatic rings. The smallest absolute Gasteiger partial charge is 0.226 e. The van der Waals surface area contributed by atoms with Crippen molar-refractivity contribution in [2.24, 2.45) is 0 Å². The number of hydrogen-bond acceptors (Lipinski definition) is 5. The lowest BCUT2D eigenvalue weighted by Gasteiger charge is -1.94. The molecule has 0 unspecified atom stereocenters. The molecule has 1 aromatic carbocycles. The number of hydrogen-bond donors (Lipinski definition) is 1. The zero-order valence-corrected chi connectivity index (χ0v) is 10.5. The van der Waals surface area contributed by atoms with Gasteiger partial charge in [-0.25, -0.2) is 14.4 Å². The van der Waals surface area contributed by atoms with E-state index in [1.54, 1.807) is 18.4 Å². The van der Waals surface area contributed by atoms with Crippen LogP contribution in [0, 0.1) is 5.82 Å². The first-order valence-electron chi connectivity index (χ1n) is 5.50. The zero-order chi connectivity index (χ0) is 13.1. The van der Waals surface area contributed by atoms with Crippen molar-refractivity contribution in [3.8, 4) is 11.5 Å². The van der Waals surface area contributed by atoms with Crippen LogP contribution in [0.2, 0.25) is 0 Å². The van der Waals surface area contributed by atoms with Crippen LogP contribution in [-0.2, 0) is 5.75 Å². The summed E-state index contributed by atoms with van der Waals surface area (Å²) in [6, 6.07) is 6.15. The summed E-state index contributed by atoms with van der Waals surface area (Å²) >= 11 is 1.47. The number of aromatic amines is 1. The Morgan fingerprint density at radius 1 is 1.37 bits per heavy atom. The fourth-order valence-electron chi connectivity index (χ4n) is 1.53. The van der Waals surface area contributed by atoms with Gasteiger partial charge >= 0.3 is 0 Å². The van der Waals surface area contributed by atoms with Gasteiger partial charge in [0.15, 0.2) is 5.16 Å². The third kappa shape index (κ3) is 2.82. The second-order valence-corrected chi connectivity index (χ2v) is 4.70. The van der Waals surface area contributed by atoms with E-state index in [1.807, 2.05) is 0 Å². The van der Waals surface area contributed by atoms with Crippen molar-refractivity contribution < 1.29 is 8.81 Å². The van der Waals surface area contributed by atoms with Gasteiger partial charge in [-0.2, -0.15) is 5.10 Å². The highest BCUT2D eigenvalue weighted by molar-refractivity contribution is 7.98. The number of nitrogens with zero attached hydrogens (tertiary/aromatic N) is 3. The van der Waals surface area contributed by atoms with E-state index in [1.165, 1.54) is 30.2 Å². The maximum absolute atomic E-state index is 13.1. The van der Waals surface area contributed by atoms with Crippen LogP contribution in [0.25, 0.3) is 11.5 Å². The van der Waals surface area contributed by atoms with E-state index in [9.17, 15) is 4.39 Å². The second-order valence-electron chi connectivity index (χ2n) is 3.73. The first-order chi connectivity index (χ1) is 9.31. The maximum Gasteiger partial charge on any atom is 0.226 e. The third-order valence-corrected chi connectivity index (χ3v) is 3.28. The number of H-pyrrole nitrogens is 1. The van der Waals surface area contributed by atoms with Gasteiger partial charge in [0, 0.05) is 11.3 Å². The number of aromatic nitrogens is 4. The topological polar surface area (TPSA) is 67.6 Å². The number of oxazole rings is 1. The average molecular weight is 276 g/mol. The quantitative estimate of drug-likeness (QED) is 0.742. The number of halogens is 1. The molecule has 0 fully saturated rings. The van der Waals surface area contributed by atoms with Gasteiger partial charge in [0.05, 0.1) is 5.69 Å². The summed E-state index contributed by atoms with van der Waals surface area (Å²) in [5.74, 6) is 0.703. The lowest BCUT2D eigenvalue weighted by atomic mass is 10.2. The highest BCUT2D eigenvalue weighted by Gasteiger charge is 2.08. The van der Waals surface area contributed by atoms with Crippen LogP contribution in [-0.4, -0.2) is 20.2 Å². The minimum Gasteiger partial charge on any atom is -0.444 e. The van der Waals surface area contributed by atoms with Crippen molar-refractivity contribution in [2.45, 2.75) is 10.9 Å². The lowest BCUT2D eigenvalue weighted by Crippen LogP contribution is -1.84. The molecular weight excluding hydrogens is 267 g/mol. The van der Waals surface area contributed by atoms with Crippen LogP contribution in [0.4, 0.5) is 4.39 Å². The van der Waals surface area contributed by atoms with Gasteiger partial charge in [-0.1, -0.05) is 17.8 Å². The Bertz CT molecular complexity index is 668. The fraction of sp³-hybridized carbons (Fsp3) is 0.0833. The predicted molar refractivity (Wildman–Crippen MR) is 67.8 cm³/mol. The second kappa shape index (κ2) is 5.23. The van der Waals surface area contributed by atoms with Crippen LogP contribution >= 0.6 is 11.8 Å². The molecule has 3 rings (SSSR count). The first-order valence-corrected chi connectivity index (χ1v) is 6.48. The van der Waals surface area contributed by atoms with Gasteiger partial charge in [-0.3, -0.25) is 5.10 Å². The van der Waals surface area contributed by atoms with Crippen molar-refractivity contribution >= 4 is 11.8 Å². The van der Waals surface area contributed by atoms with Gasteiger partial charge in [0.1, 0.15) is 18.4 Å². The molecule has 96 valence electrons. The third-order valence-electron chi connectivity index (χ3n) is 2.37. The molecule has 0 amide bonds. The fourth-order valence-corrected chi connectivity index (χ4v) is 2.19. The summed E-state index contributed by atoms with van der Waals surface area (Å²) in [6.07, 6.45) is 3.01. The molecule has 0 atom stereocenters. The van der Waals surface area contributed by atoms with Crippen molar-refractivity contribution in [1.82, 2.24) is 20.2 Å². The molecule has 2 aromatic heterocycles. The zero-order valence-electron chi connectivity index (χ0n) is 9.71. The van der Waals surface area contributed by atoms with E-state index in [0.29, 0.717) is 17.2 Å². The molecule has 0 bridgehead atoms. The van der Waals surface area contributed by atoms with E-state index in [0.717, 1.165) is 10.9 Å². The summed E-state index contributed by atoms with van der Waals surface area (Å²) in [4.78, 5) is 8.30. The molecular formula is C12H9FN4OS. The highest BCUT2D eigenvalue weighted by atomic mass is 32.2. The normalized spacial score (nSPS) is 10.8. The predicted octanol–water partition coefficient (Wildman–Crippen LogP) is 2.89. The molecule has 5 nitrogen and oxygen atoms in total. The molecule has 2 heterocycles. The molecule has 7 heteroatoms. The van der Waals surface area contributed by atoms with Crippen molar-refractivity contribution in [3.63, 3.8) is 0 Å². The van der Waals surface area contributed by atoms with E-state index in [4.69, 9.17) is 4.42 Å². The Balaban J connectivity index is 1.72. The summed E-state index contributed by atoms with van der Waals surface area (Å²) in [5.41, 5.74) is 1.39. The number of rotatable bonds is 4. The van der Waals surface area contributed by atoms with Crippen molar-refractivity contribution in [1.29, 1.82) is 0 Å². The van der Waals surface area contributed by atoms with E-state index < -0.39 is 0 Å². The molecule has 1 N–H and O–H groups in total. The molecule has 0 radical (unpaired) electrons. The monoisotopic (exact) mass is 276 g/mol. The Kier molecular flexibility index (Phi) is 3.28. The van der Waals surface area contributed by atoms with E-state index in [2.05, 4.69) is 20.2 Å². The van der Waals surface area contributed by atoms with Gasteiger partial charge in [0.25, 0.3) is 0 Å². The summed E-state index contributed by atoms with van der Waals surface area (Å²) < 4.78 is 18.4. The van der Waals surface area contributed by atoms with Crippen molar-refractivity contribution in [2.75, 3.05) is 0 Å². The molecule has 0 spiro atoms. The van der Waals surface area contributed by atoms with Crippen LogP contribution in [0.5, 0.6) is 0 Å². The Morgan fingerprint density at radius 3 is 3.11 bits per heavy atom.